The van der Waals surface area contributed by atoms with Crippen molar-refractivity contribution in [3.63, 3.8) is 0 Å². The maximum atomic E-state index is 12.4. The number of rotatable bonds is 9. The Hall–Kier alpha value is -2.96. The first-order valence-corrected chi connectivity index (χ1v) is 15.1. The third-order valence-electron chi connectivity index (χ3n) is 11.1. The number of nitrogens with one attached hydrogen (secondary N) is 1. The second-order valence-corrected chi connectivity index (χ2v) is 13.2. The van der Waals surface area contributed by atoms with Gasteiger partial charge in [-0.1, -0.05) is 54.9 Å². The number of fused-ring (bicyclic) bond motifs is 5. The van der Waals surface area contributed by atoms with Crippen molar-refractivity contribution in [3.8, 4) is 0 Å². The molecule has 0 bridgehead atoms. The molecular weight excluding hydrogens is 504 g/mol. The molecule has 7 nitrogen and oxygen atoms in total. The van der Waals surface area contributed by atoms with Gasteiger partial charge in [0.1, 0.15) is 5.78 Å². The maximum absolute atomic E-state index is 12.4. The van der Waals surface area contributed by atoms with E-state index in [1.54, 1.807) is 6.92 Å². The van der Waals surface area contributed by atoms with E-state index in [1.165, 1.54) is 24.8 Å². The molecule has 0 saturated heterocycles. The molecule has 0 aromatic heterocycles. The molecule has 0 unspecified atom stereocenters. The van der Waals surface area contributed by atoms with Gasteiger partial charge in [-0.05, 0) is 98.5 Å². The first kappa shape index (κ1) is 28.6. The van der Waals surface area contributed by atoms with Gasteiger partial charge in [0.25, 0.3) is 5.91 Å². The zero-order chi connectivity index (χ0) is 28.5. The lowest BCUT2D eigenvalue weighted by Gasteiger charge is -2.58. The number of hydrogen-bond donors (Lipinski definition) is 2. The number of carboxylic acids is 1. The molecule has 1 amide bonds. The summed E-state index contributed by atoms with van der Waals surface area (Å²) >= 11 is 0. The normalized spacial score (nSPS) is 34.6. The predicted octanol–water partition coefficient (Wildman–Crippen LogP) is 5.90. The Bertz CT molecular complexity index is 1190. The minimum Gasteiger partial charge on any atom is -0.481 e. The fourth-order valence-electron chi connectivity index (χ4n) is 9.02. The minimum atomic E-state index is -0.900. The molecule has 7 heteroatoms. The molecule has 4 aliphatic rings. The number of allylic oxidation sites excluding steroid dienone is 2. The highest BCUT2D eigenvalue weighted by Crippen LogP contribution is 2.66. The third kappa shape index (κ3) is 5.48. The van der Waals surface area contributed by atoms with Gasteiger partial charge >= 0.3 is 5.97 Å². The van der Waals surface area contributed by atoms with Gasteiger partial charge in [0, 0.05) is 18.4 Å². The van der Waals surface area contributed by atoms with Gasteiger partial charge in [-0.2, -0.15) is 0 Å². The summed E-state index contributed by atoms with van der Waals surface area (Å²) in [5.41, 5.74) is 3.59. The lowest BCUT2D eigenvalue weighted by atomic mass is 9.46. The number of hydrogen-bond acceptors (Lipinski definition) is 5. The summed E-state index contributed by atoms with van der Waals surface area (Å²) in [6.45, 7) is 6.67. The molecular formula is C33H44N2O5. The van der Waals surface area contributed by atoms with Gasteiger partial charge in [-0.15, -0.1) is 0 Å². The van der Waals surface area contributed by atoms with Gasteiger partial charge in [-0.3, -0.25) is 14.4 Å². The fourth-order valence-corrected chi connectivity index (χ4v) is 9.02. The number of carbonyl (C=O) groups excluding carboxylic acids is 2. The lowest BCUT2D eigenvalue weighted by Crippen LogP contribution is -2.51. The number of oxime groups is 1. The van der Waals surface area contributed by atoms with Gasteiger partial charge in [0.15, 0.2) is 6.61 Å². The highest BCUT2D eigenvalue weighted by molar-refractivity contribution is 5.96. The van der Waals surface area contributed by atoms with E-state index in [0.717, 1.165) is 43.4 Å². The molecule has 2 N–H and O–H groups in total. The molecule has 1 aromatic rings. The van der Waals surface area contributed by atoms with Crippen molar-refractivity contribution in [2.45, 2.75) is 84.5 Å². The number of carboxylic acid groups (broad SMARTS) is 1. The molecule has 40 heavy (non-hydrogen) atoms. The van der Waals surface area contributed by atoms with E-state index in [9.17, 15) is 19.5 Å². The monoisotopic (exact) mass is 548 g/mol. The second kappa shape index (κ2) is 11.5. The lowest BCUT2D eigenvalue weighted by molar-refractivity contribution is -0.137. The van der Waals surface area contributed by atoms with Crippen LogP contribution in [0.4, 0.5) is 0 Å². The minimum absolute atomic E-state index is 0.0566. The molecule has 5 rings (SSSR count). The van der Waals surface area contributed by atoms with E-state index in [4.69, 9.17) is 4.84 Å². The highest BCUT2D eigenvalue weighted by Gasteiger charge is 2.59. The molecule has 3 saturated carbocycles. The average Bonchev–Trinajstić information content (AvgIpc) is 3.29. The van der Waals surface area contributed by atoms with Gasteiger partial charge in [0.05, 0.1) is 12.1 Å². The van der Waals surface area contributed by atoms with E-state index in [2.05, 4.69) is 30.4 Å². The van der Waals surface area contributed by atoms with Crippen LogP contribution in [-0.2, 0) is 19.2 Å². The fraction of sp³-hybridized carbons (Fsp3) is 0.636. The molecule has 3 fully saturated rings. The Balaban J connectivity index is 1.17. The Morgan fingerprint density at radius 3 is 2.55 bits per heavy atom. The standard InChI is InChI=1S/C33H44N2O5/c1-21(36)27-11-12-28-26-10-9-24-18-25(13-15-32(24,2)29(26)14-16-33(27,28)3)35-40-20-30(37)34-19-23(17-31(38)39)22-7-5-4-6-8-22/h4-8,18,23,26-29H,9-17,19-20H2,1-3H3,(H,34,37)(H,38,39)/t23-,26-,27+,28+,29+,32+,33-/m1/s1. The first-order valence-electron chi connectivity index (χ1n) is 15.1. The summed E-state index contributed by atoms with van der Waals surface area (Å²) in [6.07, 6.45) is 10.9. The summed E-state index contributed by atoms with van der Waals surface area (Å²) in [4.78, 5) is 41.6. The van der Waals surface area contributed by atoms with Crippen molar-refractivity contribution in [2.24, 2.45) is 39.7 Å². The van der Waals surface area contributed by atoms with Gasteiger partial charge < -0.3 is 15.3 Å². The number of aliphatic carboxylic acids is 1. The van der Waals surface area contributed by atoms with Crippen LogP contribution in [-0.4, -0.2) is 41.6 Å². The second-order valence-electron chi connectivity index (χ2n) is 13.2. The SMILES string of the molecule is CC(=O)[C@@H]1CC[C@H]2[C@H]3CCC4=CC(=NOCC(=O)NC[C@@H](CC(=O)O)c5ccccc5)CC[C@]4(C)[C@H]3CC[C@]12C. The molecule has 0 aliphatic heterocycles. The van der Waals surface area contributed by atoms with Crippen molar-refractivity contribution >= 4 is 23.4 Å². The van der Waals surface area contributed by atoms with Crippen LogP contribution in [0, 0.1) is 34.5 Å². The zero-order valence-corrected chi connectivity index (χ0v) is 24.2. The molecule has 216 valence electrons. The number of amides is 1. The van der Waals surface area contributed by atoms with Crippen molar-refractivity contribution in [2.75, 3.05) is 13.2 Å². The number of nitrogens with zero attached hydrogens (tertiary/aromatic N) is 1. The Morgan fingerprint density at radius 2 is 1.82 bits per heavy atom. The zero-order valence-electron chi connectivity index (χ0n) is 24.2. The first-order chi connectivity index (χ1) is 19.1. The smallest absolute Gasteiger partial charge is 0.304 e. The molecule has 7 atom stereocenters. The molecule has 0 radical (unpaired) electrons. The Labute approximate surface area is 237 Å². The van der Waals surface area contributed by atoms with E-state index in [1.807, 2.05) is 30.3 Å². The molecule has 0 heterocycles. The summed E-state index contributed by atoms with van der Waals surface area (Å²) in [7, 11) is 0. The van der Waals surface area contributed by atoms with Crippen molar-refractivity contribution in [3.05, 3.63) is 47.5 Å². The van der Waals surface area contributed by atoms with Gasteiger partial charge in [0.2, 0.25) is 0 Å². The van der Waals surface area contributed by atoms with Crippen LogP contribution in [0.25, 0.3) is 0 Å². The Morgan fingerprint density at radius 1 is 1.05 bits per heavy atom. The molecule has 1 aromatic carbocycles. The van der Waals surface area contributed by atoms with Crippen LogP contribution in [0.1, 0.15) is 90.0 Å². The number of ketones is 1. The summed E-state index contributed by atoms with van der Waals surface area (Å²) in [6, 6.07) is 9.37. The van der Waals surface area contributed by atoms with Crippen LogP contribution >= 0.6 is 0 Å². The van der Waals surface area contributed by atoms with E-state index in [0.29, 0.717) is 23.5 Å². The third-order valence-corrected chi connectivity index (χ3v) is 11.1. The van der Waals surface area contributed by atoms with Crippen LogP contribution in [0.5, 0.6) is 0 Å². The topological polar surface area (TPSA) is 105 Å². The summed E-state index contributed by atoms with van der Waals surface area (Å²) in [5, 5.41) is 16.4. The molecule has 4 aliphatic carbocycles. The summed E-state index contributed by atoms with van der Waals surface area (Å²) in [5.74, 6) is 1.13. The van der Waals surface area contributed by atoms with Crippen molar-refractivity contribution in [1.82, 2.24) is 5.32 Å². The van der Waals surface area contributed by atoms with E-state index < -0.39 is 5.97 Å². The van der Waals surface area contributed by atoms with Crippen LogP contribution in [0.3, 0.4) is 0 Å². The average molecular weight is 549 g/mol. The van der Waals surface area contributed by atoms with Crippen LogP contribution < -0.4 is 5.32 Å². The molecule has 0 spiro atoms. The Kier molecular flexibility index (Phi) is 8.21. The predicted molar refractivity (Wildman–Crippen MR) is 154 cm³/mol. The van der Waals surface area contributed by atoms with Crippen molar-refractivity contribution in [1.29, 1.82) is 0 Å². The highest BCUT2D eigenvalue weighted by atomic mass is 16.6. The van der Waals surface area contributed by atoms with E-state index >= 15 is 0 Å². The number of benzene rings is 1. The van der Waals surface area contributed by atoms with Crippen LogP contribution in [0.2, 0.25) is 0 Å². The maximum Gasteiger partial charge on any atom is 0.304 e. The van der Waals surface area contributed by atoms with Gasteiger partial charge in [-0.25, -0.2) is 0 Å². The largest absolute Gasteiger partial charge is 0.481 e. The quantitative estimate of drug-likeness (QED) is 0.374. The number of carbonyl (C=O) groups is 3. The van der Waals surface area contributed by atoms with Crippen molar-refractivity contribution < 1.29 is 24.3 Å². The van der Waals surface area contributed by atoms with Crippen LogP contribution in [0.15, 0.2) is 47.1 Å². The number of Topliss-reactive ketones (excluding diaryl/α,β-unsaturated/α-hetero) is 1. The van der Waals surface area contributed by atoms with E-state index in [-0.39, 0.29) is 48.1 Å². The summed E-state index contributed by atoms with van der Waals surface area (Å²) < 4.78 is 0.